The Hall–Kier alpha value is -0.950. The summed E-state index contributed by atoms with van der Waals surface area (Å²) in [7, 11) is 0. The number of nitrogens with one attached hydrogen (secondary N) is 1. The van der Waals surface area contributed by atoms with Gasteiger partial charge >= 0.3 is 0 Å². The van der Waals surface area contributed by atoms with E-state index in [0.717, 1.165) is 22.8 Å². The first-order chi connectivity index (χ1) is 5.75. The van der Waals surface area contributed by atoms with Gasteiger partial charge in [0.1, 0.15) is 0 Å². The summed E-state index contributed by atoms with van der Waals surface area (Å²) in [6.07, 6.45) is 1.82. The predicted molar refractivity (Wildman–Crippen MR) is 54.9 cm³/mol. The molecule has 0 aromatic heterocycles. The normalized spacial score (nSPS) is 9.50. The highest BCUT2D eigenvalue weighted by Crippen LogP contribution is 2.22. The summed E-state index contributed by atoms with van der Waals surface area (Å²) >= 11 is 5.93. The zero-order valence-electron chi connectivity index (χ0n) is 7.10. The number of rotatable bonds is 3. The van der Waals surface area contributed by atoms with E-state index >= 15 is 0 Å². The Balaban J connectivity index is 2.84. The van der Waals surface area contributed by atoms with Gasteiger partial charge in [-0.3, -0.25) is 0 Å². The van der Waals surface area contributed by atoms with Crippen LogP contribution in [0, 0.1) is 6.92 Å². The lowest BCUT2D eigenvalue weighted by atomic mass is 10.2. The maximum absolute atomic E-state index is 5.93. The Kier molecular flexibility index (Phi) is 3.18. The maximum atomic E-state index is 5.93. The zero-order chi connectivity index (χ0) is 8.97. The molecule has 0 saturated carbocycles. The first kappa shape index (κ1) is 9.14. The van der Waals surface area contributed by atoms with Crippen LogP contribution in [0.15, 0.2) is 30.9 Å². The van der Waals surface area contributed by atoms with E-state index < -0.39 is 0 Å². The molecule has 1 aromatic carbocycles. The van der Waals surface area contributed by atoms with Crippen molar-refractivity contribution in [1.29, 1.82) is 0 Å². The first-order valence-corrected chi connectivity index (χ1v) is 4.23. The van der Waals surface area contributed by atoms with E-state index in [2.05, 4.69) is 11.9 Å². The van der Waals surface area contributed by atoms with Gasteiger partial charge in [0.15, 0.2) is 0 Å². The van der Waals surface area contributed by atoms with Crippen LogP contribution in [0.1, 0.15) is 5.56 Å². The summed E-state index contributed by atoms with van der Waals surface area (Å²) in [5, 5.41) is 4.00. The molecule has 1 N–H and O–H groups in total. The van der Waals surface area contributed by atoms with Gasteiger partial charge in [-0.1, -0.05) is 23.7 Å². The number of hydrogen-bond acceptors (Lipinski definition) is 1. The predicted octanol–water partition coefficient (Wildman–Crippen LogP) is 3.25. The molecule has 2 heteroatoms. The highest BCUT2D eigenvalue weighted by Gasteiger charge is 1.98. The zero-order valence-corrected chi connectivity index (χ0v) is 7.86. The second-order valence-corrected chi connectivity index (χ2v) is 2.99. The van der Waals surface area contributed by atoms with Gasteiger partial charge < -0.3 is 5.32 Å². The standard InChI is InChI=1S/C10H12ClN/c1-3-7-12-10-6-4-5-9(11)8(10)2/h3-6,12H,1,7H2,2H3. The highest BCUT2D eigenvalue weighted by molar-refractivity contribution is 6.31. The largest absolute Gasteiger partial charge is 0.381 e. The van der Waals surface area contributed by atoms with Crippen LogP contribution in [-0.4, -0.2) is 6.54 Å². The fourth-order valence-corrected chi connectivity index (χ4v) is 1.16. The highest BCUT2D eigenvalue weighted by atomic mass is 35.5. The molecule has 0 bridgehead atoms. The van der Waals surface area contributed by atoms with Gasteiger partial charge in [0.05, 0.1) is 0 Å². The topological polar surface area (TPSA) is 12.0 Å². The van der Waals surface area contributed by atoms with Gasteiger partial charge in [-0.2, -0.15) is 0 Å². The molecular formula is C10H12ClN. The van der Waals surface area contributed by atoms with Crippen LogP contribution in [0.25, 0.3) is 0 Å². The summed E-state index contributed by atoms with van der Waals surface area (Å²) in [6, 6.07) is 5.82. The maximum Gasteiger partial charge on any atom is 0.0455 e. The number of halogens is 1. The van der Waals surface area contributed by atoms with Crippen molar-refractivity contribution in [2.75, 3.05) is 11.9 Å². The molecule has 1 aromatic rings. The van der Waals surface area contributed by atoms with Crippen LogP contribution in [0.5, 0.6) is 0 Å². The minimum absolute atomic E-state index is 0.765. The summed E-state index contributed by atoms with van der Waals surface area (Å²) < 4.78 is 0. The number of anilines is 1. The van der Waals surface area contributed by atoms with Crippen molar-refractivity contribution in [3.05, 3.63) is 41.4 Å². The lowest BCUT2D eigenvalue weighted by Crippen LogP contribution is -1.99. The monoisotopic (exact) mass is 181 g/mol. The van der Waals surface area contributed by atoms with Crippen molar-refractivity contribution in [3.63, 3.8) is 0 Å². The van der Waals surface area contributed by atoms with Gasteiger partial charge in [0.25, 0.3) is 0 Å². The van der Waals surface area contributed by atoms with E-state index in [4.69, 9.17) is 11.6 Å². The van der Waals surface area contributed by atoms with E-state index in [9.17, 15) is 0 Å². The average molecular weight is 182 g/mol. The van der Waals surface area contributed by atoms with Crippen LogP contribution in [-0.2, 0) is 0 Å². The molecule has 0 saturated heterocycles. The van der Waals surface area contributed by atoms with Crippen molar-refractivity contribution in [3.8, 4) is 0 Å². The molecule has 0 aliphatic rings. The molecule has 0 spiro atoms. The van der Waals surface area contributed by atoms with Gasteiger partial charge in [-0.25, -0.2) is 0 Å². The number of hydrogen-bond donors (Lipinski definition) is 1. The fourth-order valence-electron chi connectivity index (χ4n) is 0.981. The Bertz CT molecular complexity index is 281. The number of benzene rings is 1. The van der Waals surface area contributed by atoms with Crippen molar-refractivity contribution in [1.82, 2.24) is 0 Å². The van der Waals surface area contributed by atoms with Gasteiger partial charge in [-0.05, 0) is 24.6 Å². The average Bonchev–Trinajstić information content (AvgIpc) is 2.08. The van der Waals surface area contributed by atoms with E-state index in [1.807, 2.05) is 31.2 Å². The Morgan fingerprint density at radius 1 is 1.58 bits per heavy atom. The smallest absolute Gasteiger partial charge is 0.0455 e. The van der Waals surface area contributed by atoms with Crippen LogP contribution >= 0.6 is 11.6 Å². The summed E-state index contributed by atoms with van der Waals surface area (Å²) in [5.41, 5.74) is 2.16. The van der Waals surface area contributed by atoms with E-state index in [-0.39, 0.29) is 0 Å². The van der Waals surface area contributed by atoms with Gasteiger partial charge in [-0.15, -0.1) is 6.58 Å². The molecule has 0 aliphatic carbocycles. The SMILES string of the molecule is C=CCNc1cccc(Cl)c1C. The van der Waals surface area contributed by atoms with Crippen LogP contribution in [0.2, 0.25) is 5.02 Å². The molecular weight excluding hydrogens is 170 g/mol. The Morgan fingerprint density at radius 2 is 2.33 bits per heavy atom. The molecule has 0 radical (unpaired) electrons. The van der Waals surface area contributed by atoms with Gasteiger partial charge in [0.2, 0.25) is 0 Å². The van der Waals surface area contributed by atoms with E-state index in [0.29, 0.717) is 0 Å². The third kappa shape index (κ3) is 2.02. The molecule has 0 fully saturated rings. The van der Waals surface area contributed by atoms with Crippen molar-refractivity contribution in [2.45, 2.75) is 6.92 Å². The van der Waals surface area contributed by atoms with Gasteiger partial charge in [0, 0.05) is 17.3 Å². The minimum atomic E-state index is 0.765. The molecule has 64 valence electrons. The molecule has 12 heavy (non-hydrogen) atoms. The van der Waals surface area contributed by atoms with E-state index in [1.54, 1.807) is 0 Å². The quantitative estimate of drug-likeness (QED) is 0.706. The molecule has 1 rings (SSSR count). The Labute approximate surface area is 78.1 Å². The summed E-state index contributed by atoms with van der Waals surface area (Å²) in [4.78, 5) is 0. The van der Waals surface area contributed by atoms with Crippen LogP contribution < -0.4 is 5.32 Å². The summed E-state index contributed by atoms with van der Waals surface area (Å²) in [6.45, 7) is 6.39. The first-order valence-electron chi connectivity index (χ1n) is 3.85. The lowest BCUT2D eigenvalue weighted by Gasteiger charge is -2.07. The molecule has 0 atom stereocenters. The third-order valence-electron chi connectivity index (χ3n) is 1.70. The molecule has 0 heterocycles. The molecule has 0 amide bonds. The lowest BCUT2D eigenvalue weighted by molar-refractivity contribution is 1.31. The molecule has 1 nitrogen and oxygen atoms in total. The van der Waals surface area contributed by atoms with Crippen LogP contribution in [0.3, 0.4) is 0 Å². The minimum Gasteiger partial charge on any atom is -0.381 e. The van der Waals surface area contributed by atoms with Crippen LogP contribution in [0.4, 0.5) is 5.69 Å². The Morgan fingerprint density at radius 3 is 3.00 bits per heavy atom. The molecule has 0 aliphatic heterocycles. The van der Waals surface area contributed by atoms with Crippen molar-refractivity contribution in [2.24, 2.45) is 0 Å². The second-order valence-electron chi connectivity index (χ2n) is 2.58. The molecule has 0 unspecified atom stereocenters. The van der Waals surface area contributed by atoms with E-state index in [1.165, 1.54) is 0 Å². The van der Waals surface area contributed by atoms with Crippen molar-refractivity contribution < 1.29 is 0 Å². The fraction of sp³-hybridized carbons (Fsp3) is 0.200. The third-order valence-corrected chi connectivity index (χ3v) is 2.11. The summed E-state index contributed by atoms with van der Waals surface area (Å²) in [5.74, 6) is 0. The second kappa shape index (κ2) is 4.17. The van der Waals surface area contributed by atoms with Crippen molar-refractivity contribution >= 4 is 17.3 Å².